The Morgan fingerprint density at radius 1 is 0.961 bits per heavy atom. The Labute approximate surface area is 285 Å². The van der Waals surface area contributed by atoms with Crippen LogP contribution in [0.1, 0.15) is 51.3 Å². The number of aromatic nitrogens is 3. The minimum Gasteiger partial charge on any atom is -0.481 e. The number of ether oxygens (including phenoxy) is 2. The minimum absolute atomic E-state index is 0.00603. The van der Waals surface area contributed by atoms with Gasteiger partial charge in [0.25, 0.3) is 0 Å². The van der Waals surface area contributed by atoms with Gasteiger partial charge >= 0.3 is 24.4 Å². The Bertz CT molecular complexity index is 1980. The van der Waals surface area contributed by atoms with Crippen molar-refractivity contribution in [2.75, 3.05) is 25.1 Å². The highest BCUT2D eigenvalue weighted by Crippen LogP contribution is 2.42. The number of pyridine rings is 1. The van der Waals surface area contributed by atoms with Crippen LogP contribution >= 0.6 is 0 Å². The number of hydrogen-bond donors (Lipinski definition) is 1. The van der Waals surface area contributed by atoms with Crippen LogP contribution in [-0.4, -0.2) is 69.4 Å². The number of nitrogens with zero attached hydrogens (tertiary/aromatic N) is 5. The maximum atomic E-state index is 13.8. The summed E-state index contributed by atoms with van der Waals surface area (Å²) >= 11 is 0. The molecule has 10 nitrogen and oxygen atoms in total. The summed E-state index contributed by atoms with van der Waals surface area (Å²) in [5.74, 6) is -0.870. The van der Waals surface area contributed by atoms with Gasteiger partial charge in [-0.05, 0) is 66.9 Å². The molecule has 4 aromatic rings. The third-order valence-electron chi connectivity index (χ3n) is 8.74. The van der Waals surface area contributed by atoms with Crippen LogP contribution in [-0.2, 0) is 23.6 Å². The maximum absolute atomic E-state index is 13.8. The van der Waals surface area contributed by atoms with E-state index in [0.717, 1.165) is 4.90 Å². The molecule has 1 amide bonds. The largest absolute Gasteiger partial charge is 0.481 e. The number of alkyl halides is 7. The highest BCUT2D eigenvalue weighted by Gasteiger charge is 2.44. The Morgan fingerprint density at radius 3 is 2.20 bits per heavy atom. The van der Waals surface area contributed by atoms with Gasteiger partial charge in [0.1, 0.15) is 12.3 Å². The zero-order chi connectivity index (χ0) is 37.0. The monoisotopic (exact) mass is 719 g/mol. The number of amides is 1. The first-order chi connectivity index (χ1) is 23.9. The van der Waals surface area contributed by atoms with Crippen LogP contribution in [0, 0.1) is 6.92 Å². The second-order valence-corrected chi connectivity index (χ2v) is 12.2. The lowest BCUT2D eigenvalue weighted by Crippen LogP contribution is -2.49. The summed E-state index contributed by atoms with van der Waals surface area (Å²) in [6, 6.07) is 6.19. The molecule has 4 heterocycles. The van der Waals surface area contributed by atoms with Crippen molar-refractivity contribution in [3.8, 4) is 28.1 Å². The van der Waals surface area contributed by atoms with E-state index < -0.39 is 59.4 Å². The molecule has 268 valence electrons. The van der Waals surface area contributed by atoms with Crippen LogP contribution in [0.4, 0.5) is 41.5 Å². The van der Waals surface area contributed by atoms with Crippen LogP contribution in [0.15, 0.2) is 54.9 Å². The van der Waals surface area contributed by atoms with Gasteiger partial charge in [-0.1, -0.05) is 6.07 Å². The van der Waals surface area contributed by atoms with Gasteiger partial charge < -0.3 is 19.5 Å². The summed E-state index contributed by atoms with van der Waals surface area (Å²) < 4.78 is 106. The number of carbonyl (C=O) groups excluding carboxylic acids is 1. The molecule has 51 heavy (non-hydrogen) atoms. The van der Waals surface area contributed by atoms with Gasteiger partial charge in [-0.25, -0.2) is 28.9 Å². The summed E-state index contributed by atoms with van der Waals surface area (Å²) in [7, 11) is 1.36. The molecule has 17 heteroatoms. The number of aryl methyl sites for hydroxylation is 1. The third kappa shape index (κ3) is 6.96. The van der Waals surface area contributed by atoms with E-state index in [2.05, 4.69) is 15.0 Å². The van der Waals surface area contributed by atoms with Crippen LogP contribution in [0.3, 0.4) is 0 Å². The van der Waals surface area contributed by atoms with Crippen molar-refractivity contribution < 1.29 is 54.9 Å². The lowest BCUT2D eigenvalue weighted by atomic mass is 9.96. The van der Waals surface area contributed by atoms with Crippen LogP contribution in [0.5, 0.6) is 5.88 Å². The Balaban J connectivity index is 1.41. The fraction of sp³-hybridized carbons (Fsp3) is 0.324. The van der Waals surface area contributed by atoms with E-state index in [1.165, 1.54) is 38.6 Å². The van der Waals surface area contributed by atoms with Gasteiger partial charge in [0.05, 0.1) is 55.2 Å². The van der Waals surface area contributed by atoms with Crippen molar-refractivity contribution >= 4 is 18.0 Å². The zero-order valence-electron chi connectivity index (χ0n) is 27.0. The van der Waals surface area contributed by atoms with Gasteiger partial charge in [-0.2, -0.15) is 26.3 Å². The minimum atomic E-state index is -5.11. The normalized spacial score (nSPS) is 18.1. The molecule has 1 N–H and O–H groups in total. The van der Waals surface area contributed by atoms with Crippen molar-refractivity contribution in [3.05, 3.63) is 88.4 Å². The van der Waals surface area contributed by atoms with E-state index in [1.807, 2.05) is 0 Å². The molecule has 0 bridgehead atoms. The standard InChI is InChI=1S/C34H28F7N5O5/c1-16-6-18(30(47)48)4-5-24(16)20-9-25(29(50-3)42-11-20)26-12-43-31(45-13-23(35)14-45)44-27(26)15-46-17(2)28(51-32(46)49)19-7-21(33(36,37)38)10-22(8-19)34(39,40)41/h4-12,17,23,28H,13-15H2,1-3H3,(H,47,48). The van der Waals surface area contributed by atoms with Gasteiger partial charge in [-0.15, -0.1) is 0 Å². The fourth-order valence-corrected chi connectivity index (χ4v) is 6.03. The second kappa shape index (κ2) is 13.0. The van der Waals surface area contributed by atoms with Crippen LogP contribution in [0.2, 0.25) is 0 Å². The van der Waals surface area contributed by atoms with Crippen molar-refractivity contribution in [2.45, 2.75) is 51.1 Å². The van der Waals surface area contributed by atoms with E-state index in [4.69, 9.17) is 9.47 Å². The number of aromatic carboxylic acids is 1. The number of halogens is 7. The lowest BCUT2D eigenvalue weighted by Gasteiger charge is -2.34. The molecular weight excluding hydrogens is 691 g/mol. The molecular formula is C34H28F7N5O5. The average Bonchev–Trinajstić information content (AvgIpc) is 3.34. The Kier molecular flexibility index (Phi) is 9.01. The van der Waals surface area contributed by atoms with Crippen molar-refractivity contribution in [2.24, 2.45) is 0 Å². The van der Waals surface area contributed by atoms with Gasteiger partial charge in [0.2, 0.25) is 11.8 Å². The number of carboxylic acids is 1. The van der Waals surface area contributed by atoms with Crippen molar-refractivity contribution in [1.29, 1.82) is 0 Å². The van der Waals surface area contributed by atoms with E-state index >= 15 is 0 Å². The zero-order valence-corrected chi connectivity index (χ0v) is 27.0. The second-order valence-electron chi connectivity index (χ2n) is 12.2. The SMILES string of the molecule is COc1ncc(-c2ccc(C(=O)O)cc2C)cc1-c1cnc(N2CC(F)C2)nc1CN1C(=O)OC(c2cc(C(F)(F)F)cc(C(F)(F)F)c2)C1C. The van der Waals surface area contributed by atoms with Crippen LogP contribution in [0.25, 0.3) is 22.3 Å². The number of rotatable bonds is 8. The average molecular weight is 720 g/mol. The highest BCUT2D eigenvalue weighted by molar-refractivity contribution is 5.89. The third-order valence-corrected chi connectivity index (χ3v) is 8.74. The molecule has 2 aliphatic rings. The summed E-state index contributed by atoms with van der Waals surface area (Å²) in [5, 5.41) is 9.39. The van der Waals surface area contributed by atoms with Crippen molar-refractivity contribution in [3.63, 3.8) is 0 Å². The highest BCUT2D eigenvalue weighted by atomic mass is 19.4. The number of cyclic esters (lactones) is 1. The summed E-state index contributed by atoms with van der Waals surface area (Å²) in [6.45, 7) is 2.80. The van der Waals surface area contributed by atoms with Crippen molar-refractivity contribution in [1.82, 2.24) is 19.9 Å². The molecule has 2 unspecified atom stereocenters. The van der Waals surface area contributed by atoms with Gasteiger partial charge in [0.15, 0.2) is 0 Å². The van der Waals surface area contributed by atoms with Gasteiger partial charge in [0, 0.05) is 29.1 Å². The van der Waals surface area contributed by atoms with Gasteiger partial charge in [-0.3, -0.25) is 4.90 Å². The Morgan fingerprint density at radius 2 is 1.63 bits per heavy atom. The maximum Gasteiger partial charge on any atom is 0.416 e. The molecule has 2 aromatic heterocycles. The molecule has 2 saturated heterocycles. The van der Waals surface area contributed by atoms with Crippen LogP contribution < -0.4 is 9.64 Å². The first kappa shape index (κ1) is 35.3. The van der Waals surface area contributed by atoms with E-state index in [-0.39, 0.29) is 48.8 Å². The van der Waals surface area contributed by atoms with E-state index in [9.17, 15) is 45.4 Å². The number of carboxylic acid groups (broad SMARTS) is 1. The quantitative estimate of drug-likeness (QED) is 0.185. The molecule has 6 rings (SSSR count). The molecule has 2 aromatic carbocycles. The first-order valence-electron chi connectivity index (χ1n) is 15.3. The topological polar surface area (TPSA) is 118 Å². The molecule has 2 fully saturated rings. The Hall–Kier alpha value is -5.48. The van der Waals surface area contributed by atoms with E-state index in [0.29, 0.717) is 39.9 Å². The number of methoxy groups -OCH3 is 1. The summed E-state index contributed by atoms with van der Waals surface area (Å²) in [4.78, 5) is 40.8. The molecule has 0 spiro atoms. The predicted octanol–water partition coefficient (Wildman–Crippen LogP) is 7.50. The lowest BCUT2D eigenvalue weighted by molar-refractivity contribution is -0.143. The molecule has 2 atom stereocenters. The number of anilines is 1. The number of benzene rings is 2. The summed E-state index contributed by atoms with van der Waals surface area (Å²) in [5.41, 5.74) is -0.894. The molecule has 0 radical (unpaired) electrons. The van der Waals surface area contributed by atoms with E-state index in [1.54, 1.807) is 24.0 Å². The first-order valence-corrected chi connectivity index (χ1v) is 15.3. The summed E-state index contributed by atoms with van der Waals surface area (Å²) in [6.07, 6.45) is -10.9. The number of carbonyl (C=O) groups is 2. The molecule has 2 aliphatic heterocycles. The number of hydrogen-bond acceptors (Lipinski definition) is 8. The molecule has 0 aliphatic carbocycles. The fourth-order valence-electron chi connectivity index (χ4n) is 6.03. The molecule has 0 saturated carbocycles. The smallest absolute Gasteiger partial charge is 0.416 e. The predicted molar refractivity (Wildman–Crippen MR) is 167 cm³/mol.